The molecule has 151 valence electrons. The molecular weight excluding hydrogens is 379 g/mol. The number of unbranched alkanes of at least 4 members (excludes halogenated alkanes) is 1. The number of carbonyl (C=O) groups excluding carboxylic acids is 4. The highest BCUT2D eigenvalue weighted by molar-refractivity contribution is 6.67. The van der Waals surface area contributed by atoms with E-state index in [4.69, 9.17) is 0 Å². The monoisotopic (exact) mass is 401 g/mol. The van der Waals surface area contributed by atoms with Gasteiger partial charge in [0, 0.05) is 13.1 Å². The second-order valence-corrected chi connectivity index (χ2v) is 7.63. The number of carbonyl (C=O) groups is 4. The summed E-state index contributed by atoms with van der Waals surface area (Å²) in [6.07, 6.45) is 2.39. The van der Waals surface area contributed by atoms with E-state index < -0.39 is 0 Å². The molecule has 0 saturated heterocycles. The number of hydrogen-bond donors (Lipinski definition) is 0. The quantitative estimate of drug-likeness (QED) is 0.523. The number of hydrogen-bond acceptors (Lipinski definition) is 4. The summed E-state index contributed by atoms with van der Waals surface area (Å²) in [5.74, 6) is -1.03. The normalized spacial score (nSPS) is 15.1. The molecule has 4 amide bonds. The van der Waals surface area contributed by atoms with Gasteiger partial charge in [-0.15, -0.1) is 0 Å². The third kappa shape index (κ3) is 3.24. The molecule has 0 unspecified atom stereocenters. The number of amides is 4. The van der Waals surface area contributed by atoms with E-state index in [1.54, 1.807) is 36.4 Å². The van der Waals surface area contributed by atoms with Crippen LogP contribution < -0.4 is 10.9 Å². The predicted molar refractivity (Wildman–Crippen MR) is 114 cm³/mol. The van der Waals surface area contributed by atoms with E-state index >= 15 is 0 Å². The average molecular weight is 401 g/mol. The molecule has 0 atom stereocenters. The molecule has 7 heteroatoms. The minimum absolute atomic E-state index is 0.243. The third-order valence-electron chi connectivity index (χ3n) is 5.51. The summed E-state index contributed by atoms with van der Waals surface area (Å²) in [7, 11) is 1.84. The minimum atomic E-state index is -0.270. The molecule has 0 bridgehead atoms. The zero-order valence-electron chi connectivity index (χ0n) is 17.1. The van der Waals surface area contributed by atoms with Gasteiger partial charge in [-0.3, -0.25) is 29.0 Å². The van der Waals surface area contributed by atoms with Crippen molar-refractivity contribution in [2.24, 2.45) is 0 Å². The van der Waals surface area contributed by atoms with E-state index in [1.165, 1.54) is 9.80 Å². The first-order chi connectivity index (χ1) is 14.5. The highest BCUT2D eigenvalue weighted by Gasteiger charge is 2.36. The molecule has 0 aromatic heterocycles. The molecule has 2 aliphatic heterocycles. The molecule has 2 aromatic rings. The lowest BCUT2D eigenvalue weighted by molar-refractivity contribution is 0.0638. The van der Waals surface area contributed by atoms with Gasteiger partial charge in [-0.2, -0.15) is 0 Å². The summed E-state index contributed by atoms with van der Waals surface area (Å²) in [6.45, 7) is 4.77. The van der Waals surface area contributed by atoms with Gasteiger partial charge < -0.3 is 0 Å². The van der Waals surface area contributed by atoms with Crippen molar-refractivity contribution in [2.75, 3.05) is 13.1 Å². The van der Waals surface area contributed by atoms with Crippen molar-refractivity contribution in [3.05, 3.63) is 58.7 Å². The fraction of sp³-hybridized carbons (Fsp3) is 0.304. The van der Waals surface area contributed by atoms with Crippen molar-refractivity contribution in [1.29, 1.82) is 0 Å². The Morgan fingerprint density at radius 2 is 1.10 bits per heavy atom. The van der Waals surface area contributed by atoms with Crippen LogP contribution in [0.2, 0.25) is 0 Å². The standard InChI is InChI=1S/C23H22BN2O4/c1-3-5-11-26-21(28)17-9-7-15(13-19(17)23(26)30)24-14-6-8-16-18(12-14)22(29)25(10-4-2)20(16)27/h6-9,12-13H,3-5,10-11H2,1-2H3. The molecule has 6 nitrogen and oxygen atoms in total. The maximum Gasteiger partial charge on any atom is 0.261 e. The lowest BCUT2D eigenvalue weighted by Crippen LogP contribution is -2.31. The highest BCUT2D eigenvalue weighted by Crippen LogP contribution is 2.23. The van der Waals surface area contributed by atoms with Gasteiger partial charge in [0.05, 0.1) is 22.3 Å². The van der Waals surface area contributed by atoms with Crippen LogP contribution in [0.3, 0.4) is 0 Å². The number of imide groups is 2. The molecule has 0 spiro atoms. The second-order valence-electron chi connectivity index (χ2n) is 7.63. The van der Waals surface area contributed by atoms with Crippen LogP contribution in [-0.4, -0.2) is 53.8 Å². The first-order valence-electron chi connectivity index (χ1n) is 10.3. The SMILES string of the molecule is CCCCN1C(=O)c2ccc([B]c3ccc4c(c3)C(=O)N(CCC)C4=O)cc2C1=O. The van der Waals surface area contributed by atoms with E-state index in [2.05, 4.69) is 0 Å². The lowest BCUT2D eigenvalue weighted by atomic mass is 9.63. The second kappa shape index (κ2) is 7.90. The summed E-state index contributed by atoms with van der Waals surface area (Å²) < 4.78 is 0. The van der Waals surface area contributed by atoms with Crippen LogP contribution in [0.5, 0.6) is 0 Å². The molecule has 2 aliphatic rings. The Balaban J connectivity index is 1.57. The third-order valence-corrected chi connectivity index (χ3v) is 5.51. The molecule has 1 radical (unpaired) electrons. The van der Waals surface area contributed by atoms with Gasteiger partial charge >= 0.3 is 0 Å². The molecule has 2 heterocycles. The van der Waals surface area contributed by atoms with Crippen LogP contribution in [0.15, 0.2) is 36.4 Å². The Labute approximate surface area is 176 Å². The van der Waals surface area contributed by atoms with Crippen LogP contribution in [0.1, 0.15) is 74.5 Å². The van der Waals surface area contributed by atoms with Gasteiger partial charge in [0.25, 0.3) is 23.6 Å². The lowest BCUT2D eigenvalue weighted by Gasteiger charge is -2.12. The first kappa shape index (κ1) is 20.1. The van der Waals surface area contributed by atoms with Gasteiger partial charge in [-0.25, -0.2) is 0 Å². The fourth-order valence-electron chi connectivity index (χ4n) is 3.93. The van der Waals surface area contributed by atoms with E-state index in [0.29, 0.717) is 41.8 Å². The average Bonchev–Trinajstić information content (AvgIpc) is 3.12. The summed E-state index contributed by atoms with van der Waals surface area (Å²) in [5.41, 5.74) is 3.18. The van der Waals surface area contributed by atoms with Crippen molar-refractivity contribution in [2.45, 2.75) is 33.1 Å². The van der Waals surface area contributed by atoms with Crippen LogP contribution in [-0.2, 0) is 0 Å². The van der Waals surface area contributed by atoms with Crippen molar-refractivity contribution in [3.63, 3.8) is 0 Å². The van der Waals surface area contributed by atoms with Crippen molar-refractivity contribution in [1.82, 2.24) is 9.80 Å². The van der Waals surface area contributed by atoms with Crippen molar-refractivity contribution in [3.8, 4) is 0 Å². The molecule has 0 fully saturated rings. The Kier molecular flexibility index (Phi) is 5.28. The molecule has 4 rings (SSSR count). The van der Waals surface area contributed by atoms with E-state index in [9.17, 15) is 19.2 Å². The number of fused-ring (bicyclic) bond motifs is 2. The maximum atomic E-state index is 12.7. The molecule has 0 N–H and O–H groups in total. The zero-order valence-corrected chi connectivity index (χ0v) is 17.1. The van der Waals surface area contributed by atoms with Crippen molar-refractivity contribution >= 4 is 41.8 Å². The largest absolute Gasteiger partial charge is 0.274 e. The molecule has 30 heavy (non-hydrogen) atoms. The number of benzene rings is 2. The number of nitrogens with zero attached hydrogens (tertiary/aromatic N) is 2. The van der Waals surface area contributed by atoms with E-state index in [1.807, 2.05) is 21.1 Å². The molecular formula is C23H22BN2O4. The summed E-state index contributed by atoms with van der Waals surface area (Å²) in [6, 6.07) is 10.3. The van der Waals surface area contributed by atoms with Crippen LogP contribution in [0, 0.1) is 0 Å². The Morgan fingerprint density at radius 1 is 0.633 bits per heavy atom. The van der Waals surface area contributed by atoms with Crippen molar-refractivity contribution < 1.29 is 19.2 Å². The first-order valence-corrected chi connectivity index (χ1v) is 10.3. The predicted octanol–water partition coefficient (Wildman–Crippen LogP) is 1.74. The summed E-state index contributed by atoms with van der Waals surface area (Å²) in [4.78, 5) is 52.7. The Hall–Kier alpha value is -3.22. The van der Waals surface area contributed by atoms with Crippen LogP contribution >= 0.6 is 0 Å². The fourth-order valence-corrected chi connectivity index (χ4v) is 3.93. The summed E-state index contributed by atoms with van der Waals surface area (Å²) >= 11 is 0. The van der Waals surface area contributed by atoms with E-state index in [0.717, 1.165) is 23.8 Å². The van der Waals surface area contributed by atoms with Crippen LogP contribution in [0.25, 0.3) is 0 Å². The molecule has 0 aliphatic carbocycles. The zero-order chi connectivity index (χ0) is 21.4. The Morgan fingerprint density at radius 3 is 1.57 bits per heavy atom. The molecule has 0 saturated carbocycles. The van der Waals surface area contributed by atoms with Gasteiger partial charge in [-0.05, 0) is 25.0 Å². The smallest absolute Gasteiger partial charge is 0.261 e. The summed E-state index contributed by atoms with van der Waals surface area (Å²) in [5, 5.41) is 0. The van der Waals surface area contributed by atoms with Gasteiger partial charge in [0.1, 0.15) is 0 Å². The topological polar surface area (TPSA) is 74.8 Å². The van der Waals surface area contributed by atoms with E-state index in [-0.39, 0.29) is 23.6 Å². The van der Waals surface area contributed by atoms with Crippen LogP contribution in [0.4, 0.5) is 0 Å². The van der Waals surface area contributed by atoms with Gasteiger partial charge in [0.15, 0.2) is 7.28 Å². The van der Waals surface area contributed by atoms with Gasteiger partial charge in [-0.1, -0.05) is 55.5 Å². The van der Waals surface area contributed by atoms with Gasteiger partial charge in [0.2, 0.25) is 0 Å². The Bertz CT molecular complexity index is 1080. The minimum Gasteiger partial charge on any atom is -0.274 e. The molecule has 2 aromatic carbocycles. The maximum absolute atomic E-state index is 12.7. The number of rotatable bonds is 7. The highest BCUT2D eigenvalue weighted by atomic mass is 16.2.